The molecule has 0 spiro atoms. The first kappa shape index (κ1) is 21.1. The zero-order chi connectivity index (χ0) is 21.8. The minimum atomic E-state index is -0.761. The molecule has 2 amide bonds. The molecule has 6 nitrogen and oxygen atoms in total. The number of rotatable bonds is 5. The fourth-order valence-electron chi connectivity index (χ4n) is 2.71. The summed E-state index contributed by atoms with van der Waals surface area (Å²) in [5.41, 5.74) is 0.260. The standard InChI is InChI=1S/C21H16F2N2O4S/c1-11-16(21(28)29-2)20(25-18(26)12-6-5-7-13(22)10-12)30-17(11)19(27)24-15-9-4-3-8-14(15)23/h3-10H,1-2H3,(H,24,27)(H,25,26). The second-order valence-electron chi connectivity index (χ2n) is 6.15. The molecular weight excluding hydrogens is 414 g/mol. The smallest absolute Gasteiger partial charge is 0.341 e. The number of hydrogen-bond donors (Lipinski definition) is 2. The van der Waals surface area contributed by atoms with E-state index >= 15 is 0 Å². The molecule has 1 aromatic heterocycles. The Labute approximate surface area is 174 Å². The number of nitrogens with one attached hydrogen (secondary N) is 2. The minimum Gasteiger partial charge on any atom is -0.465 e. The summed E-state index contributed by atoms with van der Waals surface area (Å²) in [5, 5.41) is 5.02. The molecule has 0 aliphatic heterocycles. The number of hydrogen-bond acceptors (Lipinski definition) is 5. The van der Waals surface area contributed by atoms with Crippen LogP contribution in [0.3, 0.4) is 0 Å². The Bertz CT molecular complexity index is 1140. The van der Waals surface area contributed by atoms with Crippen LogP contribution in [-0.2, 0) is 4.74 Å². The lowest BCUT2D eigenvalue weighted by Crippen LogP contribution is -2.14. The second kappa shape index (κ2) is 8.83. The van der Waals surface area contributed by atoms with E-state index in [1.165, 1.54) is 43.3 Å². The monoisotopic (exact) mass is 430 g/mol. The number of amides is 2. The van der Waals surface area contributed by atoms with Crippen molar-refractivity contribution < 1.29 is 27.9 Å². The molecule has 154 valence electrons. The number of anilines is 2. The van der Waals surface area contributed by atoms with E-state index < -0.39 is 29.4 Å². The van der Waals surface area contributed by atoms with Gasteiger partial charge in [-0.05, 0) is 42.8 Å². The highest BCUT2D eigenvalue weighted by molar-refractivity contribution is 7.19. The predicted molar refractivity (Wildman–Crippen MR) is 109 cm³/mol. The molecule has 30 heavy (non-hydrogen) atoms. The fourth-order valence-corrected chi connectivity index (χ4v) is 3.80. The van der Waals surface area contributed by atoms with Gasteiger partial charge < -0.3 is 15.4 Å². The molecule has 0 bridgehead atoms. The van der Waals surface area contributed by atoms with Gasteiger partial charge in [-0.15, -0.1) is 11.3 Å². The maximum absolute atomic E-state index is 13.9. The first-order chi connectivity index (χ1) is 14.3. The lowest BCUT2D eigenvalue weighted by Gasteiger charge is -2.06. The Morgan fingerprint density at radius 2 is 1.70 bits per heavy atom. The van der Waals surface area contributed by atoms with Crippen molar-refractivity contribution >= 4 is 39.8 Å². The highest BCUT2D eigenvalue weighted by Crippen LogP contribution is 2.34. The highest BCUT2D eigenvalue weighted by atomic mass is 32.1. The van der Waals surface area contributed by atoms with Gasteiger partial charge in [-0.25, -0.2) is 13.6 Å². The van der Waals surface area contributed by atoms with Crippen molar-refractivity contribution in [3.63, 3.8) is 0 Å². The van der Waals surface area contributed by atoms with E-state index in [0.717, 1.165) is 24.5 Å². The van der Waals surface area contributed by atoms with Crippen LogP contribution in [-0.4, -0.2) is 24.9 Å². The van der Waals surface area contributed by atoms with E-state index in [-0.39, 0.29) is 32.3 Å². The Balaban J connectivity index is 1.95. The van der Waals surface area contributed by atoms with Gasteiger partial charge in [0.25, 0.3) is 11.8 Å². The van der Waals surface area contributed by atoms with E-state index in [1.807, 2.05) is 0 Å². The van der Waals surface area contributed by atoms with Crippen LogP contribution in [0.15, 0.2) is 48.5 Å². The van der Waals surface area contributed by atoms with Crippen molar-refractivity contribution in [1.82, 2.24) is 0 Å². The van der Waals surface area contributed by atoms with Crippen LogP contribution in [0.4, 0.5) is 19.5 Å². The quantitative estimate of drug-likeness (QED) is 0.578. The largest absolute Gasteiger partial charge is 0.465 e. The Hall–Kier alpha value is -3.59. The molecule has 0 atom stereocenters. The highest BCUT2D eigenvalue weighted by Gasteiger charge is 2.27. The van der Waals surface area contributed by atoms with Gasteiger partial charge in [-0.3, -0.25) is 9.59 Å². The number of benzene rings is 2. The summed E-state index contributed by atoms with van der Waals surface area (Å²) in [5.74, 6) is -3.29. The average molecular weight is 430 g/mol. The van der Waals surface area contributed by atoms with Crippen LogP contribution in [0.1, 0.15) is 36.0 Å². The zero-order valence-electron chi connectivity index (χ0n) is 15.9. The van der Waals surface area contributed by atoms with Crippen LogP contribution >= 0.6 is 11.3 Å². The molecular formula is C21H16F2N2O4S. The minimum absolute atomic E-state index is 0.00839. The first-order valence-corrected chi connectivity index (χ1v) is 9.48. The Morgan fingerprint density at radius 1 is 0.967 bits per heavy atom. The van der Waals surface area contributed by atoms with Crippen molar-refractivity contribution in [1.29, 1.82) is 0 Å². The fraction of sp³-hybridized carbons (Fsp3) is 0.0952. The topological polar surface area (TPSA) is 84.5 Å². The van der Waals surface area contributed by atoms with Gasteiger partial charge in [0.05, 0.1) is 23.2 Å². The average Bonchev–Trinajstić information content (AvgIpc) is 3.05. The lowest BCUT2D eigenvalue weighted by atomic mass is 10.1. The number of methoxy groups -OCH3 is 1. The summed E-state index contributed by atoms with van der Waals surface area (Å²) < 4.78 is 32.0. The van der Waals surface area contributed by atoms with Gasteiger partial charge >= 0.3 is 5.97 Å². The van der Waals surface area contributed by atoms with Crippen molar-refractivity contribution in [2.45, 2.75) is 6.92 Å². The second-order valence-corrected chi connectivity index (χ2v) is 7.17. The van der Waals surface area contributed by atoms with Gasteiger partial charge in [0.15, 0.2) is 0 Å². The summed E-state index contributed by atoms with van der Waals surface area (Å²) >= 11 is 0.829. The Morgan fingerprint density at radius 3 is 2.37 bits per heavy atom. The Kier molecular flexibility index (Phi) is 6.22. The summed E-state index contributed by atoms with van der Waals surface area (Å²) in [7, 11) is 1.16. The molecule has 3 rings (SSSR count). The number of carbonyl (C=O) groups excluding carboxylic acids is 3. The third-order valence-corrected chi connectivity index (χ3v) is 5.38. The number of thiophene rings is 1. The van der Waals surface area contributed by atoms with E-state index in [1.54, 1.807) is 6.07 Å². The van der Waals surface area contributed by atoms with Gasteiger partial charge in [-0.1, -0.05) is 18.2 Å². The maximum atomic E-state index is 13.9. The van der Waals surface area contributed by atoms with Crippen LogP contribution in [0, 0.1) is 18.6 Å². The third-order valence-electron chi connectivity index (χ3n) is 4.18. The molecule has 0 aliphatic carbocycles. The van der Waals surface area contributed by atoms with Crippen LogP contribution in [0.2, 0.25) is 0 Å². The van der Waals surface area contributed by atoms with E-state index in [2.05, 4.69) is 10.6 Å². The molecule has 0 unspecified atom stereocenters. The van der Waals surface area contributed by atoms with E-state index in [9.17, 15) is 23.2 Å². The molecule has 1 heterocycles. The van der Waals surface area contributed by atoms with E-state index in [0.29, 0.717) is 0 Å². The molecule has 2 N–H and O–H groups in total. The zero-order valence-corrected chi connectivity index (χ0v) is 16.7. The number of esters is 1. The maximum Gasteiger partial charge on any atom is 0.341 e. The van der Waals surface area contributed by atoms with Gasteiger partial charge in [0.2, 0.25) is 0 Å². The van der Waals surface area contributed by atoms with Gasteiger partial charge in [-0.2, -0.15) is 0 Å². The molecule has 3 aromatic rings. The molecule has 0 saturated heterocycles. The summed E-state index contributed by atoms with van der Waals surface area (Å²) in [6, 6.07) is 10.6. The normalized spacial score (nSPS) is 10.4. The van der Waals surface area contributed by atoms with Crippen LogP contribution in [0.5, 0.6) is 0 Å². The lowest BCUT2D eigenvalue weighted by molar-refractivity contribution is 0.0601. The summed E-state index contributed by atoms with van der Waals surface area (Å²) in [6.07, 6.45) is 0. The van der Waals surface area contributed by atoms with Crippen molar-refractivity contribution in [3.05, 3.63) is 81.7 Å². The molecule has 2 aromatic carbocycles. The summed E-state index contributed by atoms with van der Waals surface area (Å²) in [6.45, 7) is 1.51. The number of carbonyl (C=O) groups is 3. The molecule has 0 aliphatic rings. The molecule has 0 fully saturated rings. The van der Waals surface area contributed by atoms with Crippen molar-refractivity contribution in [2.75, 3.05) is 17.7 Å². The number of para-hydroxylation sites is 1. The molecule has 0 saturated carbocycles. The van der Waals surface area contributed by atoms with Crippen LogP contribution in [0.25, 0.3) is 0 Å². The number of ether oxygens (including phenoxy) is 1. The van der Waals surface area contributed by atoms with Gasteiger partial charge in [0.1, 0.15) is 16.6 Å². The SMILES string of the molecule is COC(=O)c1c(NC(=O)c2cccc(F)c2)sc(C(=O)Nc2ccccc2F)c1C. The van der Waals surface area contributed by atoms with Gasteiger partial charge in [0, 0.05) is 5.56 Å². The first-order valence-electron chi connectivity index (χ1n) is 8.66. The molecule has 9 heteroatoms. The summed E-state index contributed by atoms with van der Waals surface area (Å²) in [4.78, 5) is 37.5. The predicted octanol–water partition coefficient (Wildman–Crippen LogP) is 4.63. The number of halogens is 2. The molecule has 0 radical (unpaired) electrons. The third kappa shape index (κ3) is 4.36. The van der Waals surface area contributed by atoms with E-state index in [4.69, 9.17) is 4.74 Å². The van der Waals surface area contributed by atoms with Crippen molar-refractivity contribution in [3.8, 4) is 0 Å². The van der Waals surface area contributed by atoms with Crippen LogP contribution < -0.4 is 10.6 Å². The van der Waals surface area contributed by atoms with Crippen molar-refractivity contribution in [2.24, 2.45) is 0 Å².